The van der Waals surface area contributed by atoms with Crippen LogP contribution >= 0.6 is 0 Å². The minimum absolute atomic E-state index is 0.238. The number of aromatic nitrogens is 2. The van der Waals surface area contributed by atoms with Gasteiger partial charge in [-0.1, -0.05) is 0 Å². The van der Waals surface area contributed by atoms with E-state index in [0.717, 1.165) is 5.69 Å². The van der Waals surface area contributed by atoms with E-state index in [1.807, 2.05) is 6.92 Å². The summed E-state index contributed by atoms with van der Waals surface area (Å²) in [5.74, 6) is -0.238. The highest BCUT2D eigenvalue weighted by atomic mass is 16.1. The van der Waals surface area contributed by atoms with Gasteiger partial charge in [-0.15, -0.1) is 0 Å². The first kappa shape index (κ1) is 9.60. The first-order valence-corrected chi connectivity index (χ1v) is 4.01. The Morgan fingerprint density at radius 1 is 1.54 bits per heavy atom. The zero-order valence-electron chi connectivity index (χ0n) is 7.45. The molecule has 0 aliphatic heterocycles. The molecule has 0 fully saturated rings. The Labute approximate surface area is 76.4 Å². The molecule has 1 aromatic heterocycles. The van der Waals surface area contributed by atoms with Crippen LogP contribution in [-0.2, 0) is 0 Å². The summed E-state index contributed by atoms with van der Waals surface area (Å²) in [5, 5.41) is 2.60. The highest BCUT2D eigenvalue weighted by molar-refractivity contribution is 5.91. The fraction of sp³-hybridized carbons (Fsp3) is 0.375. The molecular weight excluding hydrogens is 168 g/mol. The second-order valence-electron chi connectivity index (χ2n) is 2.59. The van der Waals surface area contributed by atoms with Crippen molar-refractivity contribution in [3.8, 4) is 0 Å². The predicted octanol–water partition coefficient (Wildman–Crippen LogP) is -0.526. The number of nitrogens with one attached hydrogen (secondary N) is 1. The molecule has 1 amide bonds. The molecule has 0 aromatic carbocycles. The van der Waals surface area contributed by atoms with E-state index in [1.54, 1.807) is 6.20 Å². The van der Waals surface area contributed by atoms with Crippen LogP contribution in [0.25, 0.3) is 0 Å². The Hall–Kier alpha value is -1.49. The lowest BCUT2D eigenvalue weighted by Crippen LogP contribution is -2.29. The number of hydrogen-bond donors (Lipinski definition) is 2. The smallest absolute Gasteiger partial charge is 0.271 e. The van der Waals surface area contributed by atoms with Gasteiger partial charge in [0.25, 0.3) is 5.91 Å². The van der Waals surface area contributed by atoms with Gasteiger partial charge >= 0.3 is 0 Å². The molecule has 0 aliphatic carbocycles. The summed E-state index contributed by atoms with van der Waals surface area (Å²) in [6.45, 7) is 2.69. The molecule has 0 atom stereocenters. The average molecular weight is 180 g/mol. The quantitative estimate of drug-likeness (QED) is 0.655. The van der Waals surface area contributed by atoms with Gasteiger partial charge in [0.15, 0.2) is 0 Å². The summed E-state index contributed by atoms with van der Waals surface area (Å²) < 4.78 is 0. The van der Waals surface area contributed by atoms with Crippen LogP contribution in [0.1, 0.15) is 16.2 Å². The number of hydrogen-bond acceptors (Lipinski definition) is 4. The van der Waals surface area contributed by atoms with Gasteiger partial charge in [0.2, 0.25) is 0 Å². The number of carbonyl (C=O) groups is 1. The van der Waals surface area contributed by atoms with Crippen LogP contribution in [0.3, 0.4) is 0 Å². The monoisotopic (exact) mass is 180 g/mol. The van der Waals surface area contributed by atoms with E-state index in [1.165, 1.54) is 6.20 Å². The van der Waals surface area contributed by atoms with Crippen LogP contribution in [-0.4, -0.2) is 29.0 Å². The molecule has 1 heterocycles. The first-order chi connectivity index (χ1) is 6.24. The Bertz CT molecular complexity index is 283. The number of amides is 1. The molecule has 5 nitrogen and oxygen atoms in total. The molecule has 5 heteroatoms. The number of carbonyl (C=O) groups excluding carboxylic acids is 1. The highest BCUT2D eigenvalue weighted by Crippen LogP contribution is 1.92. The second-order valence-corrected chi connectivity index (χ2v) is 2.59. The number of aryl methyl sites for hydroxylation is 1. The van der Waals surface area contributed by atoms with Crippen molar-refractivity contribution in [1.29, 1.82) is 0 Å². The Morgan fingerprint density at radius 2 is 2.31 bits per heavy atom. The zero-order valence-corrected chi connectivity index (χ0v) is 7.45. The molecule has 13 heavy (non-hydrogen) atoms. The molecule has 0 bridgehead atoms. The molecule has 1 rings (SSSR count). The van der Waals surface area contributed by atoms with Gasteiger partial charge < -0.3 is 11.1 Å². The largest absolute Gasteiger partial charge is 0.349 e. The van der Waals surface area contributed by atoms with Crippen LogP contribution in [0, 0.1) is 6.92 Å². The fourth-order valence-corrected chi connectivity index (χ4v) is 0.786. The van der Waals surface area contributed by atoms with Crippen LogP contribution in [0.5, 0.6) is 0 Å². The fourth-order valence-electron chi connectivity index (χ4n) is 0.786. The maximum atomic E-state index is 11.2. The number of nitrogens with zero attached hydrogens (tertiary/aromatic N) is 2. The van der Waals surface area contributed by atoms with Crippen molar-refractivity contribution in [2.75, 3.05) is 13.1 Å². The first-order valence-electron chi connectivity index (χ1n) is 4.01. The van der Waals surface area contributed by atoms with E-state index in [9.17, 15) is 4.79 Å². The molecule has 0 saturated carbocycles. The summed E-state index contributed by atoms with van der Waals surface area (Å²) in [5.41, 5.74) is 6.33. The molecule has 1 aromatic rings. The Balaban J connectivity index is 2.61. The Kier molecular flexibility index (Phi) is 3.33. The van der Waals surface area contributed by atoms with Crippen molar-refractivity contribution in [3.63, 3.8) is 0 Å². The Morgan fingerprint density at radius 3 is 2.85 bits per heavy atom. The molecule has 0 spiro atoms. The van der Waals surface area contributed by atoms with Gasteiger partial charge in [-0.25, -0.2) is 4.98 Å². The predicted molar refractivity (Wildman–Crippen MR) is 48.2 cm³/mol. The van der Waals surface area contributed by atoms with Gasteiger partial charge in [-0.2, -0.15) is 0 Å². The van der Waals surface area contributed by atoms with Crippen molar-refractivity contribution in [3.05, 3.63) is 23.8 Å². The van der Waals surface area contributed by atoms with Crippen molar-refractivity contribution in [2.24, 2.45) is 5.73 Å². The van der Waals surface area contributed by atoms with Crippen molar-refractivity contribution >= 4 is 5.91 Å². The van der Waals surface area contributed by atoms with Crippen molar-refractivity contribution < 1.29 is 4.79 Å². The maximum Gasteiger partial charge on any atom is 0.271 e. The van der Waals surface area contributed by atoms with Crippen LogP contribution in [0.2, 0.25) is 0 Å². The van der Waals surface area contributed by atoms with Crippen LogP contribution in [0.15, 0.2) is 12.4 Å². The standard InChI is InChI=1S/C8H12N4O/c1-6-4-12-7(5-11-6)8(13)10-3-2-9/h4-5H,2-3,9H2,1H3,(H,10,13). The lowest BCUT2D eigenvalue weighted by molar-refractivity contribution is 0.0949. The second kappa shape index (κ2) is 4.51. The molecule has 0 radical (unpaired) electrons. The molecule has 0 aliphatic rings. The van der Waals surface area contributed by atoms with E-state index >= 15 is 0 Å². The third-order valence-corrected chi connectivity index (χ3v) is 1.44. The number of nitrogens with two attached hydrogens (primary N) is 1. The average Bonchev–Trinajstić information content (AvgIpc) is 2.15. The van der Waals surface area contributed by atoms with Gasteiger partial charge in [0.1, 0.15) is 5.69 Å². The SMILES string of the molecule is Cc1cnc(C(=O)NCCN)cn1. The van der Waals surface area contributed by atoms with E-state index < -0.39 is 0 Å². The summed E-state index contributed by atoms with van der Waals surface area (Å²) in [6.07, 6.45) is 3.00. The van der Waals surface area contributed by atoms with Crippen LogP contribution < -0.4 is 11.1 Å². The molecular formula is C8H12N4O. The summed E-state index contributed by atoms with van der Waals surface area (Å²) in [7, 11) is 0. The third-order valence-electron chi connectivity index (χ3n) is 1.44. The maximum absolute atomic E-state index is 11.2. The van der Waals surface area contributed by atoms with Gasteiger partial charge in [-0.05, 0) is 6.92 Å². The number of rotatable bonds is 3. The lowest BCUT2D eigenvalue weighted by atomic mass is 10.4. The summed E-state index contributed by atoms with van der Waals surface area (Å²) in [4.78, 5) is 19.1. The topological polar surface area (TPSA) is 80.9 Å². The summed E-state index contributed by atoms with van der Waals surface area (Å²) >= 11 is 0. The molecule has 70 valence electrons. The van der Waals surface area contributed by atoms with E-state index in [4.69, 9.17) is 5.73 Å². The van der Waals surface area contributed by atoms with Crippen molar-refractivity contribution in [1.82, 2.24) is 15.3 Å². The minimum atomic E-state index is -0.238. The van der Waals surface area contributed by atoms with E-state index in [-0.39, 0.29) is 5.91 Å². The van der Waals surface area contributed by atoms with Crippen molar-refractivity contribution in [2.45, 2.75) is 6.92 Å². The van der Waals surface area contributed by atoms with Gasteiger partial charge in [0.05, 0.1) is 11.9 Å². The van der Waals surface area contributed by atoms with Crippen LogP contribution in [0.4, 0.5) is 0 Å². The zero-order chi connectivity index (χ0) is 9.68. The highest BCUT2D eigenvalue weighted by Gasteiger charge is 2.04. The lowest BCUT2D eigenvalue weighted by Gasteiger charge is -2.01. The van der Waals surface area contributed by atoms with E-state index in [0.29, 0.717) is 18.8 Å². The molecule has 3 N–H and O–H groups in total. The molecule has 0 unspecified atom stereocenters. The van der Waals surface area contributed by atoms with E-state index in [2.05, 4.69) is 15.3 Å². The summed E-state index contributed by atoms with van der Waals surface area (Å²) in [6, 6.07) is 0. The molecule has 0 saturated heterocycles. The van der Waals surface area contributed by atoms with Gasteiger partial charge in [0, 0.05) is 19.3 Å². The normalized spacial score (nSPS) is 9.69. The van der Waals surface area contributed by atoms with Gasteiger partial charge in [-0.3, -0.25) is 9.78 Å². The third kappa shape index (κ3) is 2.79. The minimum Gasteiger partial charge on any atom is -0.349 e.